The van der Waals surface area contributed by atoms with E-state index in [9.17, 15) is 4.57 Å². The second-order valence-corrected chi connectivity index (χ2v) is 7.08. The Kier molecular flexibility index (Phi) is 2.51. The first kappa shape index (κ1) is 10.7. The summed E-state index contributed by atoms with van der Waals surface area (Å²) in [5, 5.41) is 3.06. The Labute approximate surface area is 102 Å². The molecule has 1 aromatic rings. The van der Waals surface area contributed by atoms with E-state index in [1.807, 2.05) is 9.34 Å². The van der Waals surface area contributed by atoms with Crippen molar-refractivity contribution in [2.75, 3.05) is 31.3 Å². The maximum Gasteiger partial charge on any atom is 0.309 e. The zero-order chi connectivity index (χ0) is 11.2. The Morgan fingerprint density at radius 2 is 1.94 bits per heavy atom. The molecule has 2 saturated heterocycles. The van der Waals surface area contributed by atoms with Gasteiger partial charge in [-0.3, -0.25) is 9.65 Å². The second-order valence-electron chi connectivity index (χ2n) is 3.78. The van der Waals surface area contributed by atoms with E-state index >= 15 is 0 Å². The molecule has 0 spiro atoms. The Hall–Kier alpha value is -0.490. The van der Waals surface area contributed by atoms with E-state index in [4.69, 9.17) is 0 Å². The molecule has 0 saturated carbocycles. The van der Waals surface area contributed by atoms with Crippen LogP contribution in [0.25, 0.3) is 0 Å². The highest BCUT2D eigenvalue weighted by Gasteiger charge is 2.48. The quantitative estimate of drug-likeness (QED) is 0.670. The lowest BCUT2D eigenvalue weighted by Crippen LogP contribution is -2.13. The predicted octanol–water partition coefficient (Wildman–Crippen LogP) is 1.39. The molecule has 0 atom stereocenters. The molecule has 0 unspecified atom stereocenters. The van der Waals surface area contributed by atoms with Crippen LogP contribution in [-0.2, 0) is 4.57 Å². The van der Waals surface area contributed by atoms with Crippen molar-refractivity contribution in [3.05, 3.63) is 17.0 Å². The highest BCUT2D eigenvalue weighted by atomic mass is 79.9. The minimum Gasteiger partial charge on any atom is -0.296 e. The van der Waals surface area contributed by atoms with E-state index in [0.717, 1.165) is 30.7 Å². The van der Waals surface area contributed by atoms with Gasteiger partial charge < -0.3 is 0 Å². The number of nitrogens with zero attached hydrogens (tertiary/aromatic N) is 4. The molecule has 8 heteroatoms. The van der Waals surface area contributed by atoms with E-state index < -0.39 is 7.59 Å². The van der Waals surface area contributed by atoms with Crippen molar-refractivity contribution < 1.29 is 4.57 Å². The van der Waals surface area contributed by atoms with Crippen LogP contribution in [-0.4, -0.2) is 45.5 Å². The van der Waals surface area contributed by atoms with E-state index in [2.05, 4.69) is 31.0 Å². The lowest BCUT2D eigenvalue weighted by atomic mass is 10.6. The number of aromatic nitrogens is 2. The molecular weight excluding hydrogens is 293 g/mol. The van der Waals surface area contributed by atoms with E-state index in [1.54, 1.807) is 6.20 Å². The van der Waals surface area contributed by atoms with Crippen molar-refractivity contribution in [2.24, 2.45) is 0 Å². The van der Waals surface area contributed by atoms with Gasteiger partial charge in [-0.25, -0.2) is 19.3 Å². The van der Waals surface area contributed by atoms with E-state index in [0.29, 0.717) is 5.82 Å². The van der Waals surface area contributed by atoms with Crippen molar-refractivity contribution in [3.63, 3.8) is 0 Å². The van der Waals surface area contributed by atoms with Crippen molar-refractivity contribution in [3.8, 4) is 0 Å². The highest BCUT2D eigenvalue weighted by molar-refractivity contribution is 9.10. The molecule has 16 heavy (non-hydrogen) atoms. The molecule has 2 fully saturated rings. The molecule has 1 N–H and O–H groups in total. The molecule has 3 rings (SSSR count). The van der Waals surface area contributed by atoms with Gasteiger partial charge in [0.1, 0.15) is 6.33 Å². The maximum absolute atomic E-state index is 12.7. The van der Waals surface area contributed by atoms with Gasteiger partial charge in [-0.2, -0.15) is 0 Å². The number of hydrogen-bond acceptors (Lipinski definition) is 3. The topological polar surface area (TPSA) is 60.9 Å². The molecule has 1 aromatic heterocycles. The standard InChI is InChI=1S/C8H11BrN5OP/c9-7-5-10-6-11-8(7)12-16(15,13-1-2-13)14-3-4-14/h5-6H,1-4H2,(H,10,11,12,15). The fraction of sp³-hybridized carbons (Fsp3) is 0.500. The number of halogens is 1. The largest absolute Gasteiger partial charge is 0.309 e. The lowest BCUT2D eigenvalue weighted by Gasteiger charge is -2.21. The molecule has 0 radical (unpaired) electrons. The van der Waals surface area contributed by atoms with Crippen LogP contribution < -0.4 is 5.09 Å². The van der Waals surface area contributed by atoms with Crippen molar-refractivity contribution in [1.82, 2.24) is 19.3 Å². The van der Waals surface area contributed by atoms with Gasteiger partial charge in [0.2, 0.25) is 0 Å². The molecular formula is C8H11BrN5OP. The van der Waals surface area contributed by atoms with Crippen LogP contribution in [0.15, 0.2) is 17.0 Å². The summed E-state index contributed by atoms with van der Waals surface area (Å²) in [6, 6.07) is 0. The van der Waals surface area contributed by atoms with Gasteiger partial charge in [-0.15, -0.1) is 0 Å². The first-order chi connectivity index (χ1) is 7.70. The lowest BCUT2D eigenvalue weighted by molar-refractivity contribution is 0.524. The Morgan fingerprint density at radius 3 is 2.44 bits per heavy atom. The van der Waals surface area contributed by atoms with Crippen LogP contribution in [0.3, 0.4) is 0 Å². The number of hydrogen-bond donors (Lipinski definition) is 1. The van der Waals surface area contributed by atoms with Crippen molar-refractivity contribution in [2.45, 2.75) is 0 Å². The van der Waals surface area contributed by atoms with Gasteiger partial charge in [0.25, 0.3) is 0 Å². The van der Waals surface area contributed by atoms with E-state index in [1.165, 1.54) is 6.33 Å². The number of nitrogens with one attached hydrogen (secondary N) is 1. The van der Waals surface area contributed by atoms with E-state index in [-0.39, 0.29) is 0 Å². The fourth-order valence-electron chi connectivity index (χ4n) is 1.48. The van der Waals surface area contributed by atoms with Gasteiger partial charge in [0, 0.05) is 32.4 Å². The molecule has 86 valence electrons. The zero-order valence-electron chi connectivity index (χ0n) is 8.51. The molecule has 0 aliphatic carbocycles. The van der Waals surface area contributed by atoms with Gasteiger partial charge in [0.15, 0.2) is 5.82 Å². The maximum atomic E-state index is 12.7. The normalized spacial score (nSPS) is 20.8. The zero-order valence-corrected chi connectivity index (χ0v) is 11.0. The summed E-state index contributed by atoms with van der Waals surface area (Å²) >= 11 is 3.34. The second kappa shape index (κ2) is 3.77. The first-order valence-electron chi connectivity index (χ1n) is 5.05. The van der Waals surface area contributed by atoms with Crippen LogP contribution in [0.4, 0.5) is 5.82 Å². The average molecular weight is 304 g/mol. The van der Waals surface area contributed by atoms with Gasteiger partial charge in [0.05, 0.1) is 4.47 Å². The minimum absolute atomic E-state index is 0.595. The van der Waals surface area contributed by atoms with Crippen LogP contribution in [0.1, 0.15) is 0 Å². The Bertz CT molecular complexity index is 445. The summed E-state index contributed by atoms with van der Waals surface area (Å²) in [7, 11) is -2.59. The fourth-order valence-corrected chi connectivity index (χ4v) is 4.32. The SMILES string of the molecule is O=P(Nc1ncncc1Br)(N1CC1)N1CC1. The van der Waals surface area contributed by atoms with Crippen LogP contribution in [0.2, 0.25) is 0 Å². The summed E-state index contributed by atoms with van der Waals surface area (Å²) in [5.74, 6) is 0.595. The number of anilines is 1. The third-order valence-electron chi connectivity index (χ3n) is 2.53. The summed E-state index contributed by atoms with van der Waals surface area (Å²) < 4.78 is 17.4. The van der Waals surface area contributed by atoms with Crippen LogP contribution >= 0.6 is 23.5 Å². The van der Waals surface area contributed by atoms with Gasteiger partial charge in [-0.05, 0) is 15.9 Å². The van der Waals surface area contributed by atoms with Crippen molar-refractivity contribution >= 4 is 29.3 Å². The highest BCUT2D eigenvalue weighted by Crippen LogP contribution is 2.59. The summed E-state index contributed by atoms with van der Waals surface area (Å²) in [5.41, 5.74) is 0. The molecule has 6 nitrogen and oxygen atoms in total. The number of rotatable bonds is 4. The summed E-state index contributed by atoms with van der Waals surface area (Å²) in [6.45, 7) is 3.57. The van der Waals surface area contributed by atoms with Gasteiger partial charge >= 0.3 is 7.59 Å². The monoisotopic (exact) mass is 303 g/mol. The Balaban J connectivity index is 1.87. The smallest absolute Gasteiger partial charge is 0.296 e. The predicted molar refractivity (Wildman–Crippen MR) is 64.1 cm³/mol. The third-order valence-corrected chi connectivity index (χ3v) is 5.95. The molecule has 0 aromatic carbocycles. The Morgan fingerprint density at radius 1 is 1.31 bits per heavy atom. The van der Waals surface area contributed by atoms with Crippen LogP contribution in [0, 0.1) is 0 Å². The summed E-state index contributed by atoms with van der Waals surface area (Å²) in [6.07, 6.45) is 3.09. The molecule has 2 aliphatic heterocycles. The first-order valence-corrected chi connectivity index (χ1v) is 7.45. The molecule has 3 heterocycles. The summed E-state index contributed by atoms with van der Waals surface area (Å²) in [4.78, 5) is 7.97. The molecule has 0 amide bonds. The molecule has 2 aliphatic rings. The minimum atomic E-state index is -2.59. The van der Waals surface area contributed by atoms with Crippen LogP contribution in [0.5, 0.6) is 0 Å². The molecule has 0 bridgehead atoms. The van der Waals surface area contributed by atoms with Crippen molar-refractivity contribution in [1.29, 1.82) is 0 Å². The average Bonchev–Trinajstić information content (AvgIpc) is 3.14. The van der Waals surface area contributed by atoms with Gasteiger partial charge in [-0.1, -0.05) is 0 Å². The third kappa shape index (κ3) is 1.88.